The molecule has 1 aliphatic carbocycles. The summed E-state index contributed by atoms with van der Waals surface area (Å²) >= 11 is 0. The third-order valence-electron chi connectivity index (χ3n) is 9.35. The van der Waals surface area contributed by atoms with Crippen LogP contribution in [0, 0.1) is 12.7 Å². The number of nitrogens with one attached hydrogen (secondary N) is 1. The van der Waals surface area contributed by atoms with Crippen LogP contribution in [0.25, 0.3) is 33.5 Å². The van der Waals surface area contributed by atoms with Crippen LogP contribution in [0.3, 0.4) is 0 Å². The van der Waals surface area contributed by atoms with Gasteiger partial charge < -0.3 is 14.6 Å². The van der Waals surface area contributed by atoms with Gasteiger partial charge in [-0.2, -0.15) is 0 Å². The van der Waals surface area contributed by atoms with Gasteiger partial charge >= 0.3 is 5.69 Å². The van der Waals surface area contributed by atoms with Crippen LogP contribution in [0.4, 0.5) is 4.39 Å². The highest BCUT2D eigenvalue weighted by molar-refractivity contribution is 5.93. The van der Waals surface area contributed by atoms with E-state index in [2.05, 4.69) is 58.5 Å². The van der Waals surface area contributed by atoms with Gasteiger partial charge in [-0.25, -0.2) is 23.7 Å². The molecule has 2 aromatic carbocycles. The molecule has 49 heavy (non-hydrogen) atoms. The number of fused-ring (bicyclic) bond motifs is 2. The Morgan fingerprint density at radius 3 is 2.49 bits per heavy atom. The summed E-state index contributed by atoms with van der Waals surface area (Å²) in [5.74, 6) is -0.764. The molecule has 11 heteroatoms. The van der Waals surface area contributed by atoms with E-state index >= 15 is 0 Å². The third kappa shape index (κ3) is 6.54. The van der Waals surface area contributed by atoms with Gasteiger partial charge in [0.05, 0.1) is 11.1 Å². The SMILES string of the molecule is Cc1cnc2c(c1)c(=O)n(C1CCC(NC(=O)c3cn4cc(F)ccc4n3)CC1)c(=O)n2-c1cccc(-c2ccc(CCN(C)C)cc2)c1. The number of amides is 1. The van der Waals surface area contributed by atoms with E-state index in [4.69, 9.17) is 0 Å². The Balaban J connectivity index is 1.16. The molecule has 1 aliphatic rings. The van der Waals surface area contributed by atoms with Crippen molar-refractivity contribution in [3.05, 3.63) is 129 Å². The van der Waals surface area contributed by atoms with Crippen LogP contribution >= 0.6 is 0 Å². The van der Waals surface area contributed by atoms with Crippen LogP contribution in [0.2, 0.25) is 0 Å². The van der Waals surface area contributed by atoms with Crippen LogP contribution in [-0.2, 0) is 6.42 Å². The van der Waals surface area contributed by atoms with Crippen molar-refractivity contribution in [1.82, 2.24) is 33.7 Å². The first-order valence-corrected chi connectivity index (χ1v) is 16.6. The number of nitrogens with zero attached hydrogens (tertiary/aromatic N) is 6. The smallest absolute Gasteiger partial charge is 0.337 e. The van der Waals surface area contributed by atoms with E-state index in [1.807, 2.05) is 31.2 Å². The van der Waals surface area contributed by atoms with Crippen LogP contribution in [0.15, 0.2) is 94.9 Å². The lowest BCUT2D eigenvalue weighted by molar-refractivity contribution is 0.0917. The van der Waals surface area contributed by atoms with E-state index in [1.54, 1.807) is 16.8 Å². The van der Waals surface area contributed by atoms with E-state index in [9.17, 15) is 18.8 Å². The molecule has 1 fully saturated rings. The number of carbonyl (C=O) groups excluding carboxylic acids is 1. The number of pyridine rings is 2. The fourth-order valence-corrected chi connectivity index (χ4v) is 6.72. The molecule has 1 N–H and O–H groups in total. The lowest BCUT2D eigenvalue weighted by atomic mass is 9.90. The molecular formula is C38H38FN7O3. The average Bonchev–Trinajstić information content (AvgIpc) is 3.52. The maximum Gasteiger partial charge on any atom is 0.337 e. The first-order valence-electron chi connectivity index (χ1n) is 16.6. The van der Waals surface area contributed by atoms with Crippen molar-refractivity contribution >= 4 is 22.6 Å². The molecule has 4 heterocycles. The van der Waals surface area contributed by atoms with Gasteiger partial charge in [-0.3, -0.25) is 14.2 Å². The number of imidazole rings is 1. The van der Waals surface area contributed by atoms with Gasteiger partial charge in [0.25, 0.3) is 11.5 Å². The topological polar surface area (TPSA) is 107 Å². The van der Waals surface area contributed by atoms with E-state index < -0.39 is 11.5 Å². The van der Waals surface area contributed by atoms with Gasteiger partial charge in [0, 0.05) is 37.2 Å². The number of aryl methyl sites for hydroxylation is 1. The van der Waals surface area contributed by atoms with Gasteiger partial charge in [-0.15, -0.1) is 0 Å². The van der Waals surface area contributed by atoms with Crippen molar-refractivity contribution in [2.45, 2.75) is 51.1 Å². The Labute approximate surface area is 282 Å². The summed E-state index contributed by atoms with van der Waals surface area (Å²) < 4.78 is 18.0. The molecule has 6 aromatic rings. The summed E-state index contributed by atoms with van der Waals surface area (Å²) in [5, 5.41) is 3.42. The van der Waals surface area contributed by atoms with Crippen LogP contribution < -0.4 is 16.6 Å². The van der Waals surface area contributed by atoms with Crippen molar-refractivity contribution in [2.75, 3.05) is 20.6 Å². The van der Waals surface area contributed by atoms with Crippen molar-refractivity contribution < 1.29 is 9.18 Å². The van der Waals surface area contributed by atoms with Gasteiger partial charge in [0.15, 0.2) is 5.65 Å². The molecule has 0 radical (unpaired) electrons. The summed E-state index contributed by atoms with van der Waals surface area (Å²) in [4.78, 5) is 52.3. The monoisotopic (exact) mass is 659 g/mol. The highest BCUT2D eigenvalue weighted by atomic mass is 19.1. The second kappa shape index (κ2) is 13.2. The number of aromatic nitrogens is 5. The van der Waals surface area contributed by atoms with E-state index in [-0.39, 0.29) is 29.2 Å². The summed E-state index contributed by atoms with van der Waals surface area (Å²) in [6.07, 6.45) is 7.62. The van der Waals surface area contributed by atoms with E-state index in [0.29, 0.717) is 48.1 Å². The zero-order chi connectivity index (χ0) is 34.2. The number of likely N-dealkylation sites (N-methyl/N-ethyl adjacent to an activating group) is 1. The maximum absolute atomic E-state index is 14.3. The normalized spacial score (nSPS) is 16.4. The minimum Gasteiger partial charge on any atom is -0.348 e. The lowest BCUT2D eigenvalue weighted by Crippen LogP contribution is -2.45. The highest BCUT2D eigenvalue weighted by Gasteiger charge is 2.28. The highest BCUT2D eigenvalue weighted by Crippen LogP contribution is 2.29. The molecule has 0 bridgehead atoms. The quantitative estimate of drug-likeness (QED) is 0.237. The molecule has 0 aliphatic heterocycles. The van der Waals surface area contributed by atoms with Crippen LogP contribution in [0.5, 0.6) is 0 Å². The Bertz CT molecular complexity index is 2300. The van der Waals surface area contributed by atoms with E-state index in [0.717, 1.165) is 29.7 Å². The molecule has 1 saturated carbocycles. The molecule has 10 nitrogen and oxygen atoms in total. The average molecular weight is 660 g/mol. The molecule has 4 aromatic heterocycles. The molecule has 1 amide bonds. The summed E-state index contributed by atoms with van der Waals surface area (Å²) in [6, 6.07) is 20.3. The molecule has 250 valence electrons. The van der Waals surface area contributed by atoms with Gasteiger partial charge in [-0.05, 0) is 106 Å². The number of rotatable bonds is 8. The zero-order valence-corrected chi connectivity index (χ0v) is 27.8. The summed E-state index contributed by atoms with van der Waals surface area (Å²) in [6.45, 7) is 2.84. The fourth-order valence-electron chi connectivity index (χ4n) is 6.72. The Morgan fingerprint density at radius 2 is 1.73 bits per heavy atom. The first-order chi connectivity index (χ1) is 23.6. The second-order valence-electron chi connectivity index (χ2n) is 13.2. The van der Waals surface area contributed by atoms with Crippen molar-refractivity contribution in [1.29, 1.82) is 0 Å². The largest absolute Gasteiger partial charge is 0.348 e. The molecular weight excluding hydrogens is 621 g/mol. The maximum atomic E-state index is 14.3. The van der Waals surface area contributed by atoms with Crippen LogP contribution in [0.1, 0.15) is 53.3 Å². The molecule has 0 atom stereocenters. The van der Waals surface area contributed by atoms with E-state index in [1.165, 1.54) is 39.1 Å². The van der Waals surface area contributed by atoms with Crippen molar-refractivity contribution in [3.63, 3.8) is 0 Å². The predicted octanol–water partition coefficient (Wildman–Crippen LogP) is 5.33. The third-order valence-corrected chi connectivity index (χ3v) is 9.35. The van der Waals surface area contributed by atoms with Gasteiger partial charge in [0.1, 0.15) is 17.2 Å². The molecule has 0 spiro atoms. The minimum absolute atomic E-state index is 0.154. The van der Waals surface area contributed by atoms with Crippen LogP contribution in [-0.4, -0.2) is 61.0 Å². The Kier molecular flexibility index (Phi) is 8.68. The minimum atomic E-state index is -0.436. The molecule has 0 saturated heterocycles. The first kappa shape index (κ1) is 32.1. The lowest BCUT2D eigenvalue weighted by Gasteiger charge is -2.30. The molecule has 0 unspecified atom stereocenters. The number of hydrogen-bond donors (Lipinski definition) is 1. The summed E-state index contributed by atoms with van der Waals surface area (Å²) in [5.41, 5.74) is 4.89. The molecule has 7 rings (SSSR count). The predicted molar refractivity (Wildman–Crippen MR) is 188 cm³/mol. The number of hydrogen-bond acceptors (Lipinski definition) is 6. The van der Waals surface area contributed by atoms with Gasteiger partial charge in [-0.1, -0.05) is 36.4 Å². The summed E-state index contributed by atoms with van der Waals surface area (Å²) in [7, 11) is 4.12. The number of benzene rings is 2. The van der Waals surface area contributed by atoms with Crippen molar-refractivity contribution in [3.8, 4) is 16.8 Å². The van der Waals surface area contributed by atoms with Gasteiger partial charge in [0.2, 0.25) is 0 Å². The zero-order valence-electron chi connectivity index (χ0n) is 27.8. The Hall–Kier alpha value is -5.42. The fraction of sp³-hybridized carbons (Fsp3) is 0.289. The standard InChI is InChI=1S/C38H38FN7O3/c1-24-19-32-35(40-21-24)45(31-6-4-5-27(20-31)26-9-7-25(8-10-26)17-18-43(2)3)38(49)46(37(32)48)30-14-12-29(13-15-30)41-36(47)33-23-44-22-28(39)11-16-34(44)42-33/h4-11,16,19-23,29-30H,12-15,17-18H2,1-3H3,(H,41,47). The second-order valence-corrected chi connectivity index (χ2v) is 13.2. The Morgan fingerprint density at radius 1 is 0.959 bits per heavy atom. The number of halogens is 1. The number of carbonyl (C=O) groups is 1. The van der Waals surface area contributed by atoms with Crippen molar-refractivity contribution in [2.24, 2.45) is 0 Å².